The Hall–Kier alpha value is -3.16. The van der Waals surface area contributed by atoms with Gasteiger partial charge in [-0.15, -0.1) is 0 Å². The van der Waals surface area contributed by atoms with Gasteiger partial charge in [-0.3, -0.25) is 14.2 Å². The van der Waals surface area contributed by atoms with Crippen molar-refractivity contribution < 1.29 is 28.9 Å². The highest BCUT2D eigenvalue weighted by Crippen LogP contribution is 2.25. The second kappa shape index (κ2) is 12.2. The predicted octanol–water partition coefficient (Wildman–Crippen LogP) is 4.48. The lowest BCUT2D eigenvalue weighted by atomic mass is 10.1. The van der Waals surface area contributed by atoms with Crippen LogP contribution in [-0.2, 0) is 20.7 Å². The van der Waals surface area contributed by atoms with E-state index in [4.69, 9.17) is 19.3 Å². The Morgan fingerprint density at radius 2 is 1.64 bits per heavy atom. The van der Waals surface area contributed by atoms with Crippen LogP contribution in [0.15, 0.2) is 48.5 Å². The number of aliphatic carboxylic acids is 1. The standard InChI is InChI=1S/C26H31NO6/c1-3-4-12-31-13-14-32-15-16-33-22-10-8-20(9-11-22)26(30)27-19(2)17-23-21(18-25(28)29)6-5-7-24(23)27/h5-11,17H,3-4,12-16,18H2,1-2H3,(H,28,29). The van der Waals surface area contributed by atoms with Gasteiger partial charge in [0.2, 0.25) is 0 Å². The van der Waals surface area contributed by atoms with Crippen molar-refractivity contribution in [2.24, 2.45) is 0 Å². The van der Waals surface area contributed by atoms with Crippen LogP contribution in [0.1, 0.15) is 41.4 Å². The highest BCUT2D eigenvalue weighted by molar-refractivity contribution is 6.04. The molecule has 7 heteroatoms. The van der Waals surface area contributed by atoms with E-state index < -0.39 is 5.97 Å². The van der Waals surface area contributed by atoms with E-state index in [2.05, 4.69) is 6.92 Å². The summed E-state index contributed by atoms with van der Waals surface area (Å²) < 4.78 is 18.2. The number of rotatable bonds is 13. The first-order valence-electron chi connectivity index (χ1n) is 11.3. The van der Waals surface area contributed by atoms with Crippen LogP contribution in [0.2, 0.25) is 0 Å². The number of nitrogens with zero attached hydrogens (tertiary/aromatic N) is 1. The zero-order valence-electron chi connectivity index (χ0n) is 19.2. The Morgan fingerprint density at radius 3 is 2.33 bits per heavy atom. The predicted molar refractivity (Wildman–Crippen MR) is 126 cm³/mol. The fourth-order valence-electron chi connectivity index (χ4n) is 3.62. The minimum atomic E-state index is -0.902. The Labute approximate surface area is 193 Å². The summed E-state index contributed by atoms with van der Waals surface area (Å²) in [6, 6.07) is 14.2. The molecule has 0 atom stereocenters. The quantitative estimate of drug-likeness (QED) is 0.384. The van der Waals surface area contributed by atoms with Crippen molar-refractivity contribution in [3.63, 3.8) is 0 Å². The van der Waals surface area contributed by atoms with Crippen LogP contribution >= 0.6 is 0 Å². The third kappa shape index (κ3) is 6.66. The minimum absolute atomic E-state index is 0.0867. The highest BCUT2D eigenvalue weighted by Gasteiger charge is 2.17. The van der Waals surface area contributed by atoms with Crippen LogP contribution in [0.5, 0.6) is 5.75 Å². The van der Waals surface area contributed by atoms with Gasteiger partial charge in [-0.1, -0.05) is 25.5 Å². The van der Waals surface area contributed by atoms with Crippen molar-refractivity contribution >= 4 is 22.8 Å². The molecule has 7 nitrogen and oxygen atoms in total. The van der Waals surface area contributed by atoms with Gasteiger partial charge in [0.25, 0.3) is 5.91 Å². The SMILES string of the molecule is CCCCOCCOCCOc1ccc(C(=O)n2c(C)cc3c(CC(=O)O)cccc32)cc1. The Morgan fingerprint density at radius 1 is 0.939 bits per heavy atom. The topological polar surface area (TPSA) is 87.0 Å². The maximum atomic E-state index is 13.2. The Bertz CT molecular complexity index is 1070. The van der Waals surface area contributed by atoms with Crippen LogP contribution in [0.3, 0.4) is 0 Å². The molecule has 0 spiro atoms. The number of aromatic nitrogens is 1. The van der Waals surface area contributed by atoms with Gasteiger partial charge in [0.1, 0.15) is 12.4 Å². The van der Waals surface area contributed by atoms with Crippen molar-refractivity contribution in [2.75, 3.05) is 33.0 Å². The number of carboxylic acid groups (broad SMARTS) is 1. The summed E-state index contributed by atoms with van der Waals surface area (Å²) in [5, 5.41) is 9.94. The molecule has 3 aromatic rings. The number of hydrogen-bond donors (Lipinski definition) is 1. The number of aryl methyl sites for hydroxylation is 1. The van der Waals surface area contributed by atoms with Crippen molar-refractivity contribution in [3.05, 3.63) is 65.4 Å². The van der Waals surface area contributed by atoms with Crippen molar-refractivity contribution in [1.29, 1.82) is 0 Å². The number of carboxylic acids is 1. The van der Waals surface area contributed by atoms with Crippen LogP contribution in [0.25, 0.3) is 10.9 Å². The van der Waals surface area contributed by atoms with Crippen LogP contribution in [-0.4, -0.2) is 54.6 Å². The maximum Gasteiger partial charge on any atom is 0.307 e. The lowest BCUT2D eigenvalue weighted by molar-refractivity contribution is -0.136. The van der Waals surface area contributed by atoms with Gasteiger partial charge in [-0.2, -0.15) is 0 Å². The van der Waals surface area contributed by atoms with Gasteiger partial charge < -0.3 is 19.3 Å². The van der Waals surface area contributed by atoms with E-state index in [1.165, 1.54) is 0 Å². The number of carbonyl (C=O) groups excluding carboxylic acids is 1. The number of hydrogen-bond acceptors (Lipinski definition) is 5. The molecule has 0 radical (unpaired) electrons. The van der Waals surface area contributed by atoms with Gasteiger partial charge in [-0.05, 0) is 55.3 Å². The number of carbonyl (C=O) groups is 2. The highest BCUT2D eigenvalue weighted by atomic mass is 16.5. The fraction of sp³-hybridized carbons (Fsp3) is 0.385. The number of ether oxygens (including phenoxy) is 3. The third-order valence-electron chi connectivity index (χ3n) is 5.28. The third-order valence-corrected chi connectivity index (χ3v) is 5.28. The van der Waals surface area contributed by atoms with Gasteiger partial charge in [-0.25, -0.2) is 0 Å². The molecular formula is C26H31NO6. The lowest BCUT2D eigenvalue weighted by Crippen LogP contribution is -2.13. The van der Waals surface area contributed by atoms with E-state index in [0.717, 1.165) is 30.5 Å². The summed E-state index contributed by atoms with van der Waals surface area (Å²) in [7, 11) is 0. The largest absolute Gasteiger partial charge is 0.491 e. The molecule has 3 rings (SSSR count). The average Bonchev–Trinajstić information content (AvgIpc) is 3.14. The van der Waals surface area contributed by atoms with E-state index in [9.17, 15) is 9.59 Å². The van der Waals surface area contributed by atoms with Gasteiger partial charge in [0, 0.05) is 23.3 Å². The fourth-order valence-corrected chi connectivity index (χ4v) is 3.62. The molecule has 1 aromatic heterocycles. The maximum absolute atomic E-state index is 13.2. The molecule has 1 N–H and O–H groups in total. The lowest BCUT2D eigenvalue weighted by Gasteiger charge is -2.10. The summed E-state index contributed by atoms with van der Waals surface area (Å²) in [5.74, 6) is -0.416. The zero-order valence-corrected chi connectivity index (χ0v) is 19.2. The Kier molecular flexibility index (Phi) is 9.04. The first-order chi connectivity index (χ1) is 16.0. The second-order valence-corrected chi connectivity index (χ2v) is 7.80. The number of benzene rings is 2. The van der Waals surface area contributed by atoms with Crippen molar-refractivity contribution in [3.8, 4) is 5.75 Å². The first kappa shape index (κ1) is 24.5. The molecule has 33 heavy (non-hydrogen) atoms. The normalized spacial score (nSPS) is 11.1. The van der Waals surface area contributed by atoms with Crippen molar-refractivity contribution in [2.45, 2.75) is 33.1 Å². The molecule has 0 aliphatic rings. The number of unbranched alkanes of at least 4 members (excludes halogenated alkanes) is 1. The molecule has 0 bridgehead atoms. The van der Waals surface area contributed by atoms with Crippen molar-refractivity contribution in [1.82, 2.24) is 4.57 Å². The second-order valence-electron chi connectivity index (χ2n) is 7.80. The smallest absolute Gasteiger partial charge is 0.307 e. The van der Waals surface area contributed by atoms with E-state index in [1.807, 2.05) is 19.1 Å². The molecule has 0 saturated carbocycles. The van der Waals surface area contributed by atoms with E-state index in [1.54, 1.807) is 41.0 Å². The molecule has 0 aliphatic carbocycles. The summed E-state index contributed by atoms with van der Waals surface area (Å²) in [6.45, 7) is 6.74. The van der Waals surface area contributed by atoms with E-state index in [0.29, 0.717) is 48.8 Å². The summed E-state index contributed by atoms with van der Waals surface area (Å²) >= 11 is 0. The number of fused-ring (bicyclic) bond motifs is 1. The van der Waals surface area contributed by atoms with Crippen LogP contribution < -0.4 is 4.74 Å². The molecule has 176 valence electrons. The zero-order chi connectivity index (χ0) is 23.6. The molecule has 0 fully saturated rings. The molecule has 0 unspecified atom stereocenters. The van der Waals surface area contributed by atoms with E-state index in [-0.39, 0.29) is 12.3 Å². The van der Waals surface area contributed by atoms with Crippen LogP contribution in [0, 0.1) is 6.92 Å². The molecule has 2 aromatic carbocycles. The molecule has 0 amide bonds. The van der Waals surface area contributed by atoms with Gasteiger partial charge in [0.15, 0.2) is 0 Å². The molecular weight excluding hydrogens is 422 g/mol. The Balaban J connectivity index is 1.57. The van der Waals surface area contributed by atoms with Gasteiger partial charge >= 0.3 is 5.97 Å². The first-order valence-corrected chi connectivity index (χ1v) is 11.3. The van der Waals surface area contributed by atoms with E-state index >= 15 is 0 Å². The molecule has 0 saturated heterocycles. The summed E-state index contributed by atoms with van der Waals surface area (Å²) in [6.07, 6.45) is 2.10. The summed E-state index contributed by atoms with van der Waals surface area (Å²) in [4.78, 5) is 24.4. The average molecular weight is 454 g/mol. The van der Waals surface area contributed by atoms with Gasteiger partial charge in [0.05, 0.1) is 31.8 Å². The molecule has 0 aliphatic heterocycles. The minimum Gasteiger partial charge on any atom is -0.491 e. The summed E-state index contributed by atoms with van der Waals surface area (Å²) in [5.41, 5.74) is 2.66. The monoisotopic (exact) mass is 453 g/mol. The van der Waals surface area contributed by atoms with Crippen LogP contribution in [0.4, 0.5) is 0 Å². The molecule has 1 heterocycles.